The molecule has 7 nitrogen and oxygen atoms in total. The van der Waals surface area contributed by atoms with Gasteiger partial charge in [-0.1, -0.05) is 25.7 Å². The predicted octanol–water partition coefficient (Wildman–Crippen LogP) is 2.76. The van der Waals surface area contributed by atoms with E-state index in [4.69, 9.17) is 9.47 Å². The molecule has 0 aromatic carbocycles. The first-order chi connectivity index (χ1) is 12.2. The van der Waals surface area contributed by atoms with Crippen LogP contribution >= 0.6 is 0 Å². The summed E-state index contributed by atoms with van der Waals surface area (Å²) in [6, 6.07) is 2.37. The van der Waals surface area contributed by atoms with Crippen molar-refractivity contribution in [2.75, 3.05) is 20.2 Å². The molecule has 1 saturated carbocycles. The van der Waals surface area contributed by atoms with Gasteiger partial charge in [-0.15, -0.1) is 0 Å². The Hall–Kier alpha value is -2.05. The fourth-order valence-electron chi connectivity index (χ4n) is 3.57. The number of hydrogen-bond acceptors (Lipinski definition) is 5. The van der Waals surface area contributed by atoms with Gasteiger partial charge in [0, 0.05) is 24.8 Å². The van der Waals surface area contributed by atoms with Crippen molar-refractivity contribution in [3.05, 3.63) is 12.3 Å². The number of nitrogens with zero attached hydrogens (tertiary/aromatic N) is 3. The number of carbonyl (C=O) groups excluding carboxylic acids is 1. The van der Waals surface area contributed by atoms with Gasteiger partial charge in [0.1, 0.15) is 6.10 Å². The number of rotatable bonds is 4. The Labute approximate surface area is 149 Å². The van der Waals surface area contributed by atoms with Crippen LogP contribution < -0.4 is 14.8 Å². The summed E-state index contributed by atoms with van der Waals surface area (Å²) in [4.78, 5) is 22.6. The van der Waals surface area contributed by atoms with Crippen LogP contribution in [0, 0.1) is 0 Å². The third kappa shape index (κ3) is 5.21. The zero-order chi connectivity index (χ0) is 17.5. The van der Waals surface area contributed by atoms with E-state index in [1.165, 1.54) is 32.8 Å². The molecule has 25 heavy (non-hydrogen) atoms. The van der Waals surface area contributed by atoms with Crippen LogP contribution in [-0.2, 0) is 0 Å². The van der Waals surface area contributed by atoms with Crippen molar-refractivity contribution in [1.29, 1.82) is 0 Å². The minimum absolute atomic E-state index is 0.0421. The zero-order valence-corrected chi connectivity index (χ0v) is 14.9. The molecule has 7 heteroatoms. The average Bonchev–Trinajstić information content (AvgIpc) is 2.91. The van der Waals surface area contributed by atoms with Crippen molar-refractivity contribution in [3.63, 3.8) is 0 Å². The van der Waals surface area contributed by atoms with Gasteiger partial charge in [0.15, 0.2) is 0 Å². The van der Waals surface area contributed by atoms with Crippen LogP contribution in [0.25, 0.3) is 0 Å². The van der Waals surface area contributed by atoms with E-state index >= 15 is 0 Å². The van der Waals surface area contributed by atoms with Gasteiger partial charge in [0.25, 0.3) is 0 Å². The molecule has 2 aliphatic rings. The molecule has 2 heterocycles. The van der Waals surface area contributed by atoms with E-state index in [0.29, 0.717) is 18.5 Å². The second-order valence-electron chi connectivity index (χ2n) is 6.85. The topological polar surface area (TPSA) is 76.6 Å². The molecular formula is C18H28N4O3. The van der Waals surface area contributed by atoms with E-state index in [-0.39, 0.29) is 18.1 Å². The predicted molar refractivity (Wildman–Crippen MR) is 93.8 cm³/mol. The molecule has 3 rings (SSSR count). The lowest BCUT2D eigenvalue weighted by Crippen LogP contribution is -2.50. The molecule has 0 bridgehead atoms. The second kappa shape index (κ2) is 8.87. The molecule has 1 unspecified atom stereocenters. The van der Waals surface area contributed by atoms with E-state index in [1.807, 2.05) is 4.90 Å². The number of aromatic nitrogens is 2. The third-order valence-corrected chi connectivity index (χ3v) is 4.93. The van der Waals surface area contributed by atoms with Crippen LogP contribution in [-0.4, -0.2) is 53.2 Å². The Morgan fingerprint density at radius 1 is 1.20 bits per heavy atom. The van der Waals surface area contributed by atoms with Crippen LogP contribution in [0.1, 0.15) is 51.4 Å². The van der Waals surface area contributed by atoms with Crippen molar-refractivity contribution in [3.8, 4) is 11.9 Å². The SMILES string of the molecule is COc1nccc(OC2CCCN(C(=O)NC3CCCCCC3)C2)n1. The minimum atomic E-state index is -0.0479. The highest BCUT2D eigenvalue weighted by molar-refractivity contribution is 5.74. The summed E-state index contributed by atoms with van der Waals surface area (Å²) in [5, 5.41) is 3.22. The van der Waals surface area contributed by atoms with Crippen molar-refractivity contribution >= 4 is 6.03 Å². The molecule has 138 valence electrons. The van der Waals surface area contributed by atoms with Crippen molar-refractivity contribution < 1.29 is 14.3 Å². The molecule has 1 aromatic rings. The molecule has 1 saturated heterocycles. The van der Waals surface area contributed by atoms with E-state index in [9.17, 15) is 4.79 Å². The minimum Gasteiger partial charge on any atom is -0.472 e. The summed E-state index contributed by atoms with van der Waals surface area (Å²) >= 11 is 0. The van der Waals surface area contributed by atoms with E-state index in [2.05, 4.69) is 15.3 Å². The standard InChI is InChI=1S/C18H28N4O3/c1-24-17-19-11-10-16(21-17)25-15-9-6-12-22(13-15)18(23)20-14-7-4-2-3-5-8-14/h10-11,14-15H,2-9,12-13H2,1H3,(H,20,23). The summed E-state index contributed by atoms with van der Waals surface area (Å²) in [6.45, 7) is 1.37. The number of nitrogens with one attached hydrogen (secondary N) is 1. The highest BCUT2D eigenvalue weighted by Gasteiger charge is 2.26. The zero-order valence-electron chi connectivity index (χ0n) is 14.9. The van der Waals surface area contributed by atoms with E-state index < -0.39 is 0 Å². The second-order valence-corrected chi connectivity index (χ2v) is 6.85. The number of carbonyl (C=O) groups is 1. The quantitative estimate of drug-likeness (QED) is 0.847. The summed E-state index contributed by atoms with van der Waals surface area (Å²) in [5.74, 6) is 0.489. The van der Waals surface area contributed by atoms with Gasteiger partial charge in [-0.25, -0.2) is 9.78 Å². The fourth-order valence-corrected chi connectivity index (χ4v) is 3.57. The summed E-state index contributed by atoms with van der Waals surface area (Å²) in [6.07, 6.45) is 10.6. The first-order valence-corrected chi connectivity index (χ1v) is 9.34. The number of hydrogen-bond donors (Lipinski definition) is 1. The van der Waals surface area contributed by atoms with E-state index in [1.54, 1.807) is 12.3 Å². The van der Waals surface area contributed by atoms with Crippen LogP contribution in [0.15, 0.2) is 12.3 Å². The maximum atomic E-state index is 12.6. The number of methoxy groups -OCH3 is 1. The first kappa shape index (κ1) is 17.8. The molecular weight excluding hydrogens is 320 g/mol. The summed E-state index contributed by atoms with van der Waals surface area (Å²) in [5.41, 5.74) is 0. The van der Waals surface area contributed by atoms with Gasteiger partial charge in [-0.2, -0.15) is 4.98 Å². The Morgan fingerprint density at radius 3 is 2.76 bits per heavy atom. The Bertz CT molecular complexity index is 561. The molecule has 1 aliphatic carbocycles. The fraction of sp³-hybridized carbons (Fsp3) is 0.722. The number of piperidine rings is 1. The molecule has 1 aromatic heterocycles. The largest absolute Gasteiger partial charge is 0.472 e. The molecule has 1 aliphatic heterocycles. The normalized spacial score (nSPS) is 22.1. The van der Waals surface area contributed by atoms with Crippen molar-refractivity contribution in [2.24, 2.45) is 0 Å². The van der Waals surface area contributed by atoms with Gasteiger partial charge < -0.3 is 19.7 Å². The Morgan fingerprint density at radius 2 is 2.00 bits per heavy atom. The molecule has 0 radical (unpaired) electrons. The lowest BCUT2D eigenvalue weighted by atomic mass is 10.1. The van der Waals surface area contributed by atoms with Gasteiger partial charge in [-0.3, -0.25) is 0 Å². The Balaban J connectivity index is 1.52. The maximum Gasteiger partial charge on any atom is 0.319 e. The lowest BCUT2D eigenvalue weighted by Gasteiger charge is -2.33. The molecule has 2 fully saturated rings. The molecule has 1 N–H and O–H groups in total. The highest BCUT2D eigenvalue weighted by Crippen LogP contribution is 2.20. The number of urea groups is 1. The number of amides is 2. The molecule has 1 atom stereocenters. The average molecular weight is 348 g/mol. The molecule has 0 spiro atoms. The van der Waals surface area contributed by atoms with Gasteiger partial charge in [0.05, 0.1) is 13.7 Å². The van der Waals surface area contributed by atoms with Gasteiger partial charge >= 0.3 is 12.0 Å². The number of ether oxygens (including phenoxy) is 2. The Kier molecular flexibility index (Phi) is 6.30. The smallest absolute Gasteiger partial charge is 0.319 e. The van der Waals surface area contributed by atoms with Crippen molar-refractivity contribution in [2.45, 2.75) is 63.5 Å². The van der Waals surface area contributed by atoms with Crippen molar-refractivity contribution in [1.82, 2.24) is 20.2 Å². The van der Waals surface area contributed by atoms with Crippen LogP contribution in [0.3, 0.4) is 0 Å². The van der Waals surface area contributed by atoms with Crippen LogP contribution in [0.2, 0.25) is 0 Å². The van der Waals surface area contributed by atoms with E-state index in [0.717, 1.165) is 32.2 Å². The van der Waals surface area contributed by atoms with Crippen LogP contribution in [0.4, 0.5) is 4.79 Å². The third-order valence-electron chi connectivity index (χ3n) is 4.93. The summed E-state index contributed by atoms with van der Waals surface area (Å²) < 4.78 is 11.0. The van der Waals surface area contributed by atoms with Gasteiger partial charge in [-0.05, 0) is 25.7 Å². The highest BCUT2D eigenvalue weighted by atomic mass is 16.5. The summed E-state index contributed by atoms with van der Waals surface area (Å²) in [7, 11) is 1.53. The molecule has 2 amide bonds. The monoisotopic (exact) mass is 348 g/mol. The first-order valence-electron chi connectivity index (χ1n) is 9.34. The van der Waals surface area contributed by atoms with Gasteiger partial charge in [0.2, 0.25) is 5.88 Å². The van der Waals surface area contributed by atoms with Crippen LogP contribution in [0.5, 0.6) is 11.9 Å². The lowest BCUT2D eigenvalue weighted by molar-refractivity contribution is 0.0956. The number of likely N-dealkylation sites (tertiary alicyclic amines) is 1. The maximum absolute atomic E-state index is 12.6.